The predicted octanol–water partition coefficient (Wildman–Crippen LogP) is 3.31. The summed E-state index contributed by atoms with van der Waals surface area (Å²) in [6.45, 7) is 4.05. The Labute approximate surface area is 104 Å². The Hall–Kier alpha value is -0.580. The number of carboxylic acids is 1. The van der Waals surface area contributed by atoms with Gasteiger partial charge in [-0.25, -0.2) is 0 Å². The van der Waals surface area contributed by atoms with Gasteiger partial charge in [0, 0.05) is 23.4 Å². The molecule has 0 aliphatic rings. The van der Waals surface area contributed by atoms with E-state index in [9.17, 15) is 4.79 Å². The van der Waals surface area contributed by atoms with E-state index in [1.54, 1.807) is 11.3 Å². The maximum absolute atomic E-state index is 10.4. The molecular weight excluding hydrogens is 246 g/mol. The van der Waals surface area contributed by atoms with Crippen molar-refractivity contribution in [3.8, 4) is 0 Å². The largest absolute Gasteiger partial charge is 0.481 e. The van der Waals surface area contributed by atoms with Gasteiger partial charge in [-0.1, -0.05) is 11.6 Å². The number of aliphatic carboxylic acids is 1. The van der Waals surface area contributed by atoms with Crippen LogP contribution in [-0.4, -0.2) is 17.1 Å². The average molecular weight is 262 g/mol. The molecule has 16 heavy (non-hydrogen) atoms. The van der Waals surface area contributed by atoms with Crippen molar-refractivity contribution in [1.82, 2.24) is 5.32 Å². The van der Waals surface area contributed by atoms with Crippen LogP contribution in [0.1, 0.15) is 37.6 Å². The minimum absolute atomic E-state index is 0.187. The fraction of sp³-hybridized carbons (Fsp3) is 0.545. The summed E-state index contributed by atoms with van der Waals surface area (Å²) in [6, 6.07) is 4.27. The van der Waals surface area contributed by atoms with Crippen molar-refractivity contribution in [2.24, 2.45) is 0 Å². The van der Waals surface area contributed by atoms with Gasteiger partial charge in [-0.15, -0.1) is 11.3 Å². The summed E-state index contributed by atoms with van der Waals surface area (Å²) < 4.78 is 0.779. The minimum atomic E-state index is -0.750. The zero-order chi connectivity index (χ0) is 12.1. The first-order valence-corrected chi connectivity index (χ1v) is 6.41. The van der Waals surface area contributed by atoms with E-state index < -0.39 is 5.97 Å². The summed E-state index contributed by atoms with van der Waals surface area (Å²) in [5.74, 6) is -0.750. The van der Waals surface area contributed by atoms with Crippen LogP contribution in [0, 0.1) is 0 Å². The van der Waals surface area contributed by atoms with Gasteiger partial charge >= 0.3 is 5.97 Å². The molecule has 0 spiro atoms. The summed E-state index contributed by atoms with van der Waals surface area (Å²) in [4.78, 5) is 11.6. The van der Waals surface area contributed by atoms with Gasteiger partial charge < -0.3 is 10.4 Å². The Balaban J connectivity index is 2.39. The highest BCUT2D eigenvalue weighted by Crippen LogP contribution is 2.27. The van der Waals surface area contributed by atoms with E-state index in [4.69, 9.17) is 16.7 Å². The molecule has 2 unspecified atom stereocenters. The summed E-state index contributed by atoms with van der Waals surface area (Å²) in [5, 5.41) is 11.9. The quantitative estimate of drug-likeness (QED) is 0.826. The minimum Gasteiger partial charge on any atom is -0.481 e. The van der Waals surface area contributed by atoms with Crippen molar-refractivity contribution in [2.75, 3.05) is 0 Å². The maximum Gasteiger partial charge on any atom is 0.303 e. The monoisotopic (exact) mass is 261 g/mol. The van der Waals surface area contributed by atoms with E-state index in [0.717, 1.165) is 4.34 Å². The van der Waals surface area contributed by atoms with Crippen LogP contribution in [-0.2, 0) is 4.79 Å². The summed E-state index contributed by atoms with van der Waals surface area (Å²) in [5.41, 5.74) is 0. The molecule has 1 rings (SSSR count). The first kappa shape index (κ1) is 13.5. The smallest absolute Gasteiger partial charge is 0.303 e. The summed E-state index contributed by atoms with van der Waals surface area (Å²) >= 11 is 7.41. The van der Waals surface area contributed by atoms with Crippen molar-refractivity contribution in [2.45, 2.75) is 38.8 Å². The van der Waals surface area contributed by atoms with Gasteiger partial charge in [0.25, 0.3) is 0 Å². The van der Waals surface area contributed by atoms with Gasteiger partial charge in [-0.2, -0.15) is 0 Å². The normalized spacial score (nSPS) is 14.7. The van der Waals surface area contributed by atoms with E-state index in [-0.39, 0.29) is 18.5 Å². The number of carbonyl (C=O) groups is 1. The third kappa shape index (κ3) is 4.51. The topological polar surface area (TPSA) is 49.3 Å². The number of carboxylic acid groups (broad SMARTS) is 1. The average Bonchev–Trinajstić information content (AvgIpc) is 2.62. The molecule has 0 saturated heterocycles. The molecule has 5 heteroatoms. The van der Waals surface area contributed by atoms with Gasteiger partial charge in [0.2, 0.25) is 0 Å². The molecule has 0 fully saturated rings. The summed E-state index contributed by atoms with van der Waals surface area (Å²) in [7, 11) is 0. The van der Waals surface area contributed by atoms with Crippen molar-refractivity contribution >= 4 is 28.9 Å². The fourth-order valence-electron chi connectivity index (χ4n) is 1.49. The third-order valence-electron chi connectivity index (χ3n) is 2.35. The molecule has 1 aromatic rings. The molecule has 3 nitrogen and oxygen atoms in total. The highest BCUT2D eigenvalue weighted by Gasteiger charge is 2.12. The summed E-state index contributed by atoms with van der Waals surface area (Å²) in [6.07, 6.45) is 0.838. The molecule has 0 aliphatic carbocycles. The van der Waals surface area contributed by atoms with Crippen LogP contribution in [0.3, 0.4) is 0 Å². The lowest BCUT2D eigenvalue weighted by Crippen LogP contribution is -2.29. The van der Waals surface area contributed by atoms with Crippen molar-refractivity contribution in [3.05, 3.63) is 21.3 Å². The van der Waals surface area contributed by atoms with Crippen LogP contribution >= 0.6 is 22.9 Å². The molecule has 1 aromatic heterocycles. The predicted molar refractivity (Wildman–Crippen MR) is 67.2 cm³/mol. The van der Waals surface area contributed by atoms with E-state index in [1.165, 1.54) is 4.88 Å². The van der Waals surface area contributed by atoms with Crippen LogP contribution in [0.4, 0.5) is 0 Å². The number of thiophene rings is 1. The van der Waals surface area contributed by atoms with Crippen LogP contribution in [0.15, 0.2) is 12.1 Å². The zero-order valence-electron chi connectivity index (χ0n) is 9.37. The number of hydrogen-bond donors (Lipinski definition) is 2. The second-order valence-electron chi connectivity index (χ2n) is 3.86. The number of nitrogens with one attached hydrogen (secondary N) is 1. The van der Waals surface area contributed by atoms with Crippen molar-refractivity contribution in [3.63, 3.8) is 0 Å². The molecule has 0 aliphatic heterocycles. The van der Waals surface area contributed by atoms with Gasteiger partial charge in [-0.05, 0) is 32.4 Å². The molecule has 2 atom stereocenters. The van der Waals surface area contributed by atoms with E-state index in [0.29, 0.717) is 6.42 Å². The molecule has 2 N–H and O–H groups in total. The van der Waals surface area contributed by atoms with Crippen molar-refractivity contribution < 1.29 is 9.90 Å². The Morgan fingerprint density at radius 3 is 2.75 bits per heavy atom. The second kappa shape index (κ2) is 6.23. The van der Waals surface area contributed by atoms with Gasteiger partial charge in [0.05, 0.1) is 4.34 Å². The molecular formula is C11H16ClNO2S. The molecule has 0 aromatic carbocycles. The molecule has 90 valence electrons. The lowest BCUT2D eigenvalue weighted by Gasteiger charge is -2.18. The Kier molecular flexibility index (Phi) is 5.25. The van der Waals surface area contributed by atoms with Crippen LogP contribution < -0.4 is 5.32 Å². The van der Waals surface area contributed by atoms with E-state index in [2.05, 4.69) is 12.2 Å². The molecule has 1 heterocycles. The first-order valence-electron chi connectivity index (χ1n) is 5.22. The lowest BCUT2D eigenvalue weighted by atomic mass is 10.1. The van der Waals surface area contributed by atoms with E-state index in [1.807, 2.05) is 19.1 Å². The lowest BCUT2D eigenvalue weighted by molar-refractivity contribution is -0.137. The number of hydrogen-bond acceptors (Lipinski definition) is 3. The molecule has 0 radical (unpaired) electrons. The first-order chi connectivity index (χ1) is 7.49. The number of rotatable bonds is 6. The number of halogens is 1. The van der Waals surface area contributed by atoms with Gasteiger partial charge in [-0.3, -0.25) is 4.79 Å². The Bertz CT molecular complexity index is 354. The Morgan fingerprint density at radius 1 is 1.56 bits per heavy atom. The standard InChI is InChI=1S/C11H16ClNO2S/c1-7(3-6-11(14)15)13-8(2)9-4-5-10(12)16-9/h4-5,7-8,13H,3,6H2,1-2H3,(H,14,15). The molecule has 0 amide bonds. The van der Waals surface area contributed by atoms with Gasteiger partial charge in [0.1, 0.15) is 0 Å². The SMILES string of the molecule is CC(CCC(=O)O)NC(C)c1ccc(Cl)s1. The second-order valence-corrected chi connectivity index (χ2v) is 5.61. The Morgan fingerprint density at radius 2 is 2.25 bits per heavy atom. The van der Waals surface area contributed by atoms with Crippen LogP contribution in [0.25, 0.3) is 0 Å². The zero-order valence-corrected chi connectivity index (χ0v) is 10.9. The van der Waals surface area contributed by atoms with Gasteiger partial charge in [0.15, 0.2) is 0 Å². The van der Waals surface area contributed by atoms with E-state index >= 15 is 0 Å². The highest BCUT2D eigenvalue weighted by molar-refractivity contribution is 7.16. The third-order valence-corrected chi connectivity index (χ3v) is 3.76. The fourth-order valence-corrected chi connectivity index (χ4v) is 2.57. The highest BCUT2D eigenvalue weighted by atomic mass is 35.5. The van der Waals surface area contributed by atoms with Crippen LogP contribution in [0.5, 0.6) is 0 Å². The van der Waals surface area contributed by atoms with Crippen LogP contribution in [0.2, 0.25) is 4.34 Å². The van der Waals surface area contributed by atoms with Crippen molar-refractivity contribution in [1.29, 1.82) is 0 Å². The maximum atomic E-state index is 10.4. The molecule has 0 bridgehead atoms. The molecule has 0 saturated carbocycles.